The zero-order valence-corrected chi connectivity index (χ0v) is 12.8. The summed E-state index contributed by atoms with van der Waals surface area (Å²) in [4.78, 5) is 0. The quantitative estimate of drug-likeness (QED) is 0.661. The summed E-state index contributed by atoms with van der Waals surface area (Å²) in [6, 6.07) is 8.80. The van der Waals surface area contributed by atoms with Gasteiger partial charge in [-0.1, -0.05) is 12.1 Å². The van der Waals surface area contributed by atoms with Crippen LogP contribution in [0.2, 0.25) is 0 Å². The maximum Gasteiger partial charge on any atom is 0.0587 e. The number of methoxy groups -OCH3 is 1. The molecule has 21 heavy (non-hydrogen) atoms. The first-order valence-electron chi connectivity index (χ1n) is 7.73. The average molecular weight is 290 g/mol. The van der Waals surface area contributed by atoms with Crippen molar-refractivity contribution < 1.29 is 9.84 Å². The zero-order valence-electron chi connectivity index (χ0n) is 12.8. The van der Waals surface area contributed by atoms with Gasteiger partial charge >= 0.3 is 0 Å². The van der Waals surface area contributed by atoms with Crippen molar-refractivity contribution in [3.05, 3.63) is 36.0 Å². The highest BCUT2D eigenvalue weighted by Crippen LogP contribution is 2.18. The van der Waals surface area contributed by atoms with Gasteiger partial charge in [0.2, 0.25) is 0 Å². The topological polar surface area (TPSA) is 46.4 Å². The lowest BCUT2D eigenvalue weighted by Crippen LogP contribution is -2.18. The lowest BCUT2D eigenvalue weighted by Gasteiger charge is -2.08. The van der Waals surface area contributed by atoms with Crippen molar-refractivity contribution in [1.29, 1.82) is 0 Å². The molecule has 2 N–H and O–H groups in total. The molecular formula is C17H26N2O2. The predicted molar refractivity (Wildman–Crippen MR) is 86.5 cm³/mol. The zero-order chi connectivity index (χ0) is 14.9. The molecule has 0 amide bonds. The second-order valence-corrected chi connectivity index (χ2v) is 5.36. The molecule has 2 aromatic rings. The Balaban J connectivity index is 1.95. The summed E-state index contributed by atoms with van der Waals surface area (Å²) in [7, 11) is 1.72. The number of fused-ring (bicyclic) bond motifs is 1. The summed E-state index contributed by atoms with van der Waals surface area (Å²) in [5.41, 5.74) is 2.60. The van der Waals surface area contributed by atoms with Gasteiger partial charge in [0.25, 0.3) is 0 Å². The van der Waals surface area contributed by atoms with Gasteiger partial charge in [-0.2, -0.15) is 0 Å². The van der Waals surface area contributed by atoms with Gasteiger partial charge < -0.3 is 19.7 Å². The van der Waals surface area contributed by atoms with E-state index in [9.17, 15) is 0 Å². The SMILES string of the molecule is COCCNCc1ccc2ccn(CCCCCO)c2c1. The fourth-order valence-corrected chi connectivity index (χ4v) is 2.51. The molecule has 1 heterocycles. The van der Waals surface area contributed by atoms with Crippen molar-refractivity contribution in [3.8, 4) is 0 Å². The van der Waals surface area contributed by atoms with Crippen molar-refractivity contribution in [2.45, 2.75) is 32.4 Å². The van der Waals surface area contributed by atoms with E-state index in [1.165, 1.54) is 16.5 Å². The minimum absolute atomic E-state index is 0.295. The Kier molecular flexibility index (Phi) is 6.73. The van der Waals surface area contributed by atoms with E-state index in [-0.39, 0.29) is 0 Å². The second-order valence-electron chi connectivity index (χ2n) is 5.36. The number of nitrogens with zero attached hydrogens (tertiary/aromatic N) is 1. The van der Waals surface area contributed by atoms with Gasteiger partial charge in [-0.05, 0) is 42.3 Å². The Morgan fingerprint density at radius 2 is 2.10 bits per heavy atom. The first-order valence-corrected chi connectivity index (χ1v) is 7.73. The van der Waals surface area contributed by atoms with Crippen molar-refractivity contribution >= 4 is 10.9 Å². The Labute approximate surface area is 126 Å². The molecule has 2 rings (SSSR count). The first kappa shape index (κ1) is 16.0. The van der Waals surface area contributed by atoms with Crippen LogP contribution in [0.5, 0.6) is 0 Å². The average Bonchev–Trinajstić information content (AvgIpc) is 2.91. The smallest absolute Gasteiger partial charge is 0.0587 e. The Hall–Kier alpha value is -1.36. The third kappa shape index (κ3) is 4.84. The van der Waals surface area contributed by atoms with E-state index in [1.807, 2.05) is 0 Å². The summed E-state index contributed by atoms with van der Waals surface area (Å²) in [5.74, 6) is 0. The van der Waals surface area contributed by atoms with Gasteiger partial charge in [0.1, 0.15) is 0 Å². The van der Waals surface area contributed by atoms with Gasteiger partial charge in [-0.25, -0.2) is 0 Å². The first-order chi connectivity index (χ1) is 10.3. The summed E-state index contributed by atoms with van der Waals surface area (Å²) >= 11 is 0. The molecule has 0 bridgehead atoms. The van der Waals surface area contributed by atoms with E-state index in [2.05, 4.69) is 40.3 Å². The summed E-state index contributed by atoms with van der Waals surface area (Å²) in [6.45, 7) is 3.79. The molecule has 1 aromatic heterocycles. The maximum atomic E-state index is 8.83. The van der Waals surface area contributed by atoms with E-state index < -0.39 is 0 Å². The van der Waals surface area contributed by atoms with Gasteiger partial charge in [0.05, 0.1) is 6.61 Å². The third-order valence-corrected chi connectivity index (χ3v) is 3.71. The molecule has 0 atom stereocenters. The van der Waals surface area contributed by atoms with Crippen molar-refractivity contribution in [1.82, 2.24) is 9.88 Å². The van der Waals surface area contributed by atoms with Crippen molar-refractivity contribution in [2.75, 3.05) is 26.9 Å². The van der Waals surface area contributed by atoms with Gasteiger partial charge in [0, 0.05) is 45.1 Å². The Bertz CT molecular complexity index is 537. The lowest BCUT2D eigenvalue weighted by molar-refractivity contribution is 0.199. The third-order valence-electron chi connectivity index (χ3n) is 3.71. The maximum absolute atomic E-state index is 8.83. The van der Waals surface area contributed by atoms with E-state index in [4.69, 9.17) is 9.84 Å². The number of unbranched alkanes of at least 4 members (excludes halogenated alkanes) is 2. The molecule has 0 saturated heterocycles. The highest BCUT2D eigenvalue weighted by Gasteiger charge is 2.02. The minimum atomic E-state index is 0.295. The van der Waals surface area contributed by atoms with Crippen molar-refractivity contribution in [2.24, 2.45) is 0 Å². The molecule has 0 saturated carbocycles. The van der Waals surface area contributed by atoms with E-state index >= 15 is 0 Å². The number of hydrogen-bond donors (Lipinski definition) is 2. The molecule has 0 unspecified atom stereocenters. The number of benzene rings is 1. The molecular weight excluding hydrogens is 264 g/mol. The van der Waals surface area contributed by atoms with Crippen LogP contribution in [0, 0.1) is 0 Å². The van der Waals surface area contributed by atoms with Crippen LogP contribution in [-0.4, -0.2) is 36.5 Å². The summed E-state index contributed by atoms with van der Waals surface area (Å²) < 4.78 is 7.35. The van der Waals surface area contributed by atoms with E-state index in [0.29, 0.717) is 6.61 Å². The van der Waals surface area contributed by atoms with Gasteiger partial charge in [-0.3, -0.25) is 0 Å². The van der Waals surface area contributed by atoms with Crippen LogP contribution >= 0.6 is 0 Å². The summed E-state index contributed by atoms with van der Waals surface area (Å²) in [5, 5.41) is 13.5. The molecule has 0 aliphatic rings. The van der Waals surface area contributed by atoms with Crippen LogP contribution in [0.25, 0.3) is 10.9 Å². The molecule has 4 nitrogen and oxygen atoms in total. The molecule has 0 radical (unpaired) electrons. The Morgan fingerprint density at radius 1 is 1.19 bits per heavy atom. The molecule has 0 aliphatic carbocycles. The number of hydrogen-bond acceptors (Lipinski definition) is 3. The number of aliphatic hydroxyl groups is 1. The van der Waals surface area contributed by atoms with Crippen molar-refractivity contribution in [3.63, 3.8) is 0 Å². The molecule has 0 spiro atoms. The van der Waals surface area contributed by atoms with E-state index in [1.54, 1.807) is 7.11 Å². The fourth-order valence-electron chi connectivity index (χ4n) is 2.51. The van der Waals surface area contributed by atoms with Crippen LogP contribution in [0.3, 0.4) is 0 Å². The monoisotopic (exact) mass is 290 g/mol. The highest BCUT2D eigenvalue weighted by atomic mass is 16.5. The Morgan fingerprint density at radius 3 is 2.90 bits per heavy atom. The normalized spacial score (nSPS) is 11.3. The molecule has 4 heteroatoms. The number of aliphatic hydroxyl groups excluding tert-OH is 1. The molecule has 0 aliphatic heterocycles. The van der Waals surface area contributed by atoms with Crippen LogP contribution in [-0.2, 0) is 17.8 Å². The fraction of sp³-hybridized carbons (Fsp3) is 0.529. The van der Waals surface area contributed by atoms with E-state index in [0.717, 1.165) is 45.5 Å². The minimum Gasteiger partial charge on any atom is -0.396 e. The second kappa shape index (κ2) is 8.82. The number of rotatable bonds is 10. The van der Waals surface area contributed by atoms with Gasteiger partial charge in [-0.15, -0.1) is 0 Å². The predicted octanol–water partition coefficient (Wildman–Crippen LogP) is 2.54. The molecule has 0 fully saturated rings. The van der Waals surface area contributed by atoms with Crippen LogP contribution in [0.1, 0.15) is 24.8 Å². The lowest BCUT2D eigenvalue weighted by atomic mass is 10.1. The molecule has 116 valence electrons. The number of aromatic nitrogens is 1. The van der Waals surface area contributed by atoms with Gasteiger partial charge in [0.15, 0.2) is 0 Å². The molecule has 1 aromatic carbocycles. The van der Waals surface area contributed by atoms with Crippen LogP contribution in [0.15, 0.2) is 30.5 Å². The standard InChI is InChI=1S/C17H26N2O2/c1-21-12-8-18-14-15-5-6-16-7-10-19(17(16)13-15)9-3-2-4-11-20/h5-7,10,13,18,20H,2-4,8-9,11-12,14H2,1H3. The van der Waals surface area contributed by atoms with Crippen LogP contribution in [0.4, 0.5) is 0 Å². The number of nitrogens with one attached hydrogen (secondary N) is 1. The number of ether oxygens (including phenoxy) is 1. The highest BCUT2D eigenvalue weighted by molar-refractivity contribution is 5.80. The van der Waals surface area contributed by atoms with Crippen LogP contribution < -0.4 is 5.32 Å². The number of aryl methyl sites for hydroxylation is 1. The summed E-state index contributed by atoms with van der Waals surface area (Å²) in [6.07, 6.45) is 5.24. The largest absolute Gasteiger partial charge is 0.396 e.